The summed E-state index contributed by atoms with van der Waals surface area (Å²) in [7, 11) is 0. The van der Waals surface area contributed by atoms with Crippen molar-refractivity contribution in [2.45, 2.75) is 129 Å². The molecule has 262 valence electrons. The van der Waals surface area contributed by atoms with Crippen molar-refractivity contribution < 1.29 is 8.83 Å². The lowest BCUT2D eigenvalue weighted by Crippen LogP contribution is -1.83. The third-order valence-corrected chi connectivity index (χ3v) is 12.9. The molecule has 0 amide bonds. The molecule has 0 radical (unpaired) electrons. The molecule has 2 nitrogen and oxygen atoms in total. The minimum atomic E-state index is 0.845. The lowest BCUT2D eigenvalue weighted by atomic mass is 10.0. The Kier molecular flexibility index (Phi) is 12.1. The molecular formula is C46H54O2S2. The lowest BCUT2D eigenvalue weighted by Gasteiger charge is -2.01. The van der Waals surface area contributed by atoms with E-state index in [-0.39, 0.29) is 0 Å². The predicted octanol–water partition coefficient (Wildman–Crippen LogP) is 16.3. The Hall–Kier alpha value is -3.34. The summed E-state index contributed by atoms with van der Waals surface area (Å²) < 4.78 is 13.0. The zero-order valence-corrected chi connectivity index (χ0v) is 31.9. The number of furan rings is 2. The van der Waals surface area contributed by atoms with E-state index in [1.807, 2.05) is 22.7 Å². The maximum Gasteiger partial charge on any atom is 0.178 e. The van der Waals surface area contributed by atoms with Crippen molar-refractivity contribution in [2.24, 2.45) is 0 Å². The topological polar surface area (TPSA) is 26.3 Å². The van der Waals surface area contributed by atoms with Crippen LogP contribution in [0.5, 0.6) is 0 Å². The van der Waals surface area contributed by atoms with Gasteiger partial charge in [0, 0.05) is 41.1 Å². The number of unbranched alkanes of at least 4 members (excludes halogenated alkanes) is 14. The van der Waals surface area contributed by atoms with Crippen molar-refractivity contribution in [3.8, 4) is 20.9 Å². The van der Waals surface area contributed by atoms with Crippen LogP contribution in [0.1, 0.15) is 126 Å². The zero-order chi connectivity index (χ0) is 34.1. The van der Waals surface area contributed by atoms with E-state index >= 15 is 0 Å². The van der Waals surface area contributed by atoms with E-state index in [9.17, 15) is 0 Å². The Morgan fingerprint density at radius 2 is 0.800 bits per heavy atom. The number of hydrogen-bond acceptors (Lipinski definition) is 4. The van der Waals surface area contributed by atoms with Gasteiger partial charge in [0.25, 0.3) is 0 Å². The van der Waals surface area contributed by atoms with Gasteiger partial charge in [0.15, 0.2) is 11.2 Å². The van der Waals surface area contributed by atoms with E-state index in [1.165, 1.54) is 146 Å². The minimum absolute atomic E-state index is 0.845. The SMILES string of the molecule is CCCCCCCCCCc1ccc(-c2ccc3oc4c(ccc5c6cc(-c7ccc(CCCCCCCCCC)s7)ccc6oc54)c3c2)s1. The highest BCUT2D eigenvalue weighted by atomic mass is 32.1. The van der Waals surface area contributed by atoms with Gasteiger partial charge in [-0.25, -0.2) is 0 Å². The van der Waals surface area contributed by atoms with Crippen molar-refractivity contribution in [2.75, 3.05) is 0 Å². The first-order valence-electron chi connectivity index (χ1n) is 19.7. The van der Waals surface area contributed by atoms with Crippen LogP contribution < -0.4 is 0 Å². The van der Waals surface area contributed by atoms with Crippen LogP contribution in [-0.4, -0.2) is 0 Å². The molecule has 3 aromatic carbocycles. The zero-order valence-electron chi connectivity index (χ0n) is 30.3. The van der Waals surface area contributed by atoms with E-state index in [1.54, 1.807) is 0 Å². The number of hydrogen-bond donors (Lipinski definition) is 0. The number of aryl methyl sites for hydroxylation is 2. The summed E-state index contributed by atoms with van der Waals surface area (Å²) in [6.45, 7) is 4.58. The maximum atomic E-state index is 6.51. The molecule has 50 heavy (non-hydrogen) atoms. The molecule has 0 unspecified atom stereocenters. The van der Waals surface area contributed by atoms with Crippen LogP contribution in [0.15, 0.2) is 81.6 Å². The predicted molar refractivity (Wildman–Crippen MR) is 220 cm³/mol. The van der Waals surface area contributed by atoms with Crippen LogP contribution in [-0.2, 0) is 12.8 Å². The Morgan fingerprint density at radius 1 is 0.400 bits per heavy atom. The molecule has 0 saturated carbocycles. The summed E-state index contributed by atoms with van der Waals surface area (Å²) in [5, 5.41) is 4.55. The highest BCUT2D eigenvalue weighted by Gasteiger charge is 2.18. The number of fused-ring (bicyclic) bond motifs is 7. The summed E-state index contributed by atoms with van der Waals surface area (Å²) in [5.41, 5.74) is 6.04. The molecule has 0 aliphatic heterocycles. The van der Waals surface area contributed by atoms with Crippen molar-refractivity contribution in [3.05, 3.63) is 82.6 Å². The fourth-order valence-corrected chi connectivity index (χ4v) is 9.67. The van der Waals surface area contributed by atoms with Gasteiger partial charge in [0.05, 0.1) is 0 Å². The van der Waals surface area contributed by atoms with E-state index < -0.39 is 0 Å². The first-order chi connectivity index (χ1) is 24.7. The van der Waals surface area contributed by atoms with Crippen LogP contribution in [0.25, 0.3) is 64.8 Å². The first kappa shape index (κ1) is 35.1. The van der Waals surface area contributed by atoms with Gasteiger partial charge in [0.2, 0.25) is 0 Å². The molecule has 0 bridgehead atoms. The molecular weight excluding hydrogens is 649 g/mol. The van der Waals surface area contributed by atoms with Crippen LogP contribution in [0, 0.1) is 0 Å². The Balaban J connectivity index is 1.02. The van der Waals surface area contributed by atoms with Gasteiger partial charge < -0.3 is 8.83 Å². The Labute approximate surface area is 306 Å². The molecule has 4 heteroatoms. The number of benzene rings is 3. The number of rotatable bonds is 20. The van der Waals surface area contributed by atoms with E-state index in [4.69, 9.17) is 8.83 Å². The molecule has 7 rings (SSSR count). The highest BCUT2D eigenvalue weighted by Crippen LogP contribution is 2.42. The Bertz CT molecular complexity index is 1970. The van der Waals surface area contributed by atoms with E-state index in [0.717, 1.165) is 43.9 Å². The van der Waals surface area contributed by atoms with Crippen molar-refractivity contribution >= 4 is 66.6 Å². The smallest absolute Gasteiger partial charge is 0.178 e. The third kappa shape index (κ3) is 8.24. The molecule has 0 N–H and O–H groups in total. The fourth-order valence-electron chi connectivity index (χ4n) is 7.58. The molecule has 0 fully saturated rings. The lowest BCUT2D eigenvalue weighted by molar-refractivity contribution is 0.576. The van der Waals surface area contributed by atoms with E-state index in [0.29, 0.717) is 0 Å². The summed E-state index contributed by atoms with van der Waals surface area (Å²) in [4.78, 5) is 5.66. The van der Waals surface area contributed by atoms with E-state index in [2.05, 4.69) is 86.6 Å². The maximum absolute atomic E-state index is 6.51. The summed E-state index contributed by atoms with van der Waals surface area (Å²) in [5.74, 6) is 0. The Morgan fingerprint density at radius 3 is 1.22 bits per heavy atom. The summed E-state index contributed by atoms with van der Waals surface area (Å²) in [6.07, 6.45) is 24.2. The second kappa shape index (κ2) is 17.2. The van der Waals surface area contributed by atoms with Gasteiger partial charge in [-0.2, -0.15) is 0 Å². The second-order valence-electron chi connectivity index (χ2n) is 14.4. The molecule has 4 aromatic heterocycles. The number of thiophene rings is 2. The molecule has 4 heterocycles. The molecule has 0 atom stereocenters. The quantitative estimate of drug-likeness (QED) is 0.0739. The summed E-state index contributed by atoms with van der Waals surface area (Å²) >= 11 is 3.89. The fraction of sp³-hybridized carbons (Fsp3) is 0.435. The third-order valence-electron chi connectivity index (χ3n) is 10.5. The monoisotopic (exact) mass is 702 g/mol. The van der Waals surface area contributed by atoms with Crippen molar-refractivity contribution in [3.63, 3.8) is 0 Å². The largest absolute Gasteiger partial charge is 0.452 e. The van der Waals surface area contributed by atoms with Gasteiger partial charge in [-0.05, 0) is 110 Å². The average Bonchev–Trinajstić information content (AvgIpc) is 3.95. The van der Waals surface area contributed by atoms with Crippen molar-refractivity contribution in [1.82, 2.24) is 0 Å². The van der Waals surface area contributed by atoms with Gasteiger partial charge in [-0.1, -0.05) is 104 Å². The normalized spacial score (nSPS) is 12.0. The molecule has 0 aliphatic carbocycles. The van der Waals surface area contributed by atoms with Gasteiger partial charge in [-0.15, -0.1) is 22.7 Å². The minimum Gasteiger partial charge on any atom is -0.452 e. The van der Waals surface area contributed by atoms with Gasteiger partial charge >= 0.3 is 0 Å². The van der Waals surface area contributed by atoms with Gasteiger partial charge in [-0.3, -0.25) is 0 Å². The summed E-state index contributed by atoms with van der Waals surface area (Å²) in [6, 6.07) is 27.0. The van der Waals surface area contributed by atoms with Crippen LogP contribution in [0.2, 0.25) is 0 Å². The average molecular weight is 703 g/mol. The van der Waals surface area contributed by atoms with Crippen molar-refractivity contribution in [1.29, 1.82) is 0 Å². The highest BCUT2D eigenvalue weighted by molar-refractivity contribution is 7.15. The molecule has 0 saturated heterocycles. The molecule has 7 aromatic rings. The van der Waals surface area contributed by atoms with Crippen LogP contribution in [0.4, 0.5) is 0 Å². The van der Waals surface area contributed by atoms with Crippen LogP contribution >= 0.6 is 22.7 Å². The molecule has 0 spiro atoms. The van der Waals surface area contributed by atoms with Gasteiger partial charge in [0.1, 0.15) is 11.2 Å². The second-order valence-corrected chi connectivity index (χ2v) is 16.8. The molecule has 0 aliphatic rings. The standard InChI is InChI=1S/C46H54O2S2/c1-3-5-7-9-11-13-15-17-19-35-23-29-43(49-35)33-21-27-41-39(31-33)37-25-26-38-40-32-34(22-28-42(40)48-46(38)45(37)47-41)44-30-24-36(50-44)20-18-16-14-12-10-8-6-4-2/h21-32H,3-20H2,1-2H3. The first-order valence-corrected chi connectivity index (χ1v) is 21.3. The van der Waals surface area contributed by atoms with Crippen LogP contribution in [0.3, 0.4) is 0 Å².